The van der Waals surface area contributed by atoms with Crippen molar-refractivity contribution in [2.75, 3.05) is 19.0 Å². The molecule has 2 aromatic carbocycles. The average Bonchev–Trinajstić information content (AvgIpc) is 2.64. The molecule has 5 nitrogen and oxygen atoms in total. The quantitative estimate of drug-likeness (QED) is 0.787. The van der Waals surface area contributed by atoms with E-state index in [0.29, 0.717) is 18.5 Å². The van der Waals surface area contributed by atoms with Crippen molar-refractivity contribution in [1.29, 1.82) is 0 Å². The molecule has 1 atom stereocenters. The topological polar surface area (TPSA) is 58.6 Å². The van der Waals surface area contributed by atoms with E-state index in [1.54, 1.807) is 18.2 Å². The Balaban J connectivity index is 1.97. The Morgan fingerprint density at radius 2 is 1.80 bits per heavy atom. The highest BCUT2D eigenvalue weighted by molar-refractivity contribution is 5.93. The van der Waals surface area contributed by atoms with Crippen LogP contribution in [-0.2, 0) is 16.1 Å². The van der Waals surface area contributed by atoms with Gasteiger partial charge in [-0.15, -0.1) is 0 Å². The molecular weight excluding hydrogens is 316 g/mol. The molecule has 2 aromatic rings. The Morgan fingerprint density at radius 3 is 2.44 bits per heavy atom. The molecule has 0 aliphatic carbocycles. The minimum Gasteiger partial charge on any atom is -0.449 e. The van der Waals surface area contributed by atoms with Gasteiger partial charge in [0.25, 0.3) is 5.91 Å². The minimum atomic E-state index is -0.806. The lowest BCUT2D eigenvalue weighted by Crippen LogP contribution is -2.37. The Morgan fingerprint density at radius 1 is 1.08 bits per heavy atom. The average molecular weight is 340 g/mol. The van der Waals surface area contributed by atoms with E-state index in [9.17, 15) is 9.59 Å². The monoisotopic (exact) mass is 340 g/mol. The molecule has 1 amide bonds. The minimum absolute atomic E-state index is 0.288. The van der Waals surface area contributed by atoms with Gasteiger partial charge in [-0.3, -0.25) is 4.79 Å². The number of hydrogen-bond acceptors (Lipinski definition) is 4. The molecule has 132 valence electrons. The Kier molecular flexibility index (Phi) is 6.57. The van der Waals surface area contributed by atoms with Crippen LogP contribution in [0.15, 0.2) is 54.6 Å². The largest absolute Gasteiger partial charge is 0.449 e. The van der Waals surface area contributed by atoms with E-state index >= 15 is 0 Å². The Bertz CT molecular complexity index is 714. The number of benzene rings is 2. The van der Waals surface area contributed by atoms with E-state index in [-0.39, 0.29) is 5.91 Å². The first kappa shape index (κ1) is 18.5. The maximum Gasteiger partial charge on any atom is 0.338 e. The van der Waals surface area contributed by atoms with Gasteiger partial charge >= 0.3 is 5.97 Å². The van der Waals surface area contributed by atoms with Crippen LogP contribution in [0.25, 0.3) is 0 Å². The smallest absolute Gasteiger partial charge is 0.338 e. The number of rotatable bonds is 7. The van der Waals surface area contributed by atoms with Crippen LogP contribution in [0.5, 0.6) is 0 Å². The summed E-state index contributed by atoms with van der Waals surface area (Å²) in [4.78, 5) is 26.5. The van der Waals surface area contributed by atoms with E-state index in [1.165, 1.54) is 0 Å². The standard InChI is InChI=1S/C20H24N2O3/c1-4-18(19(23)21-14-15-9-6-5-7-10-15)25-20(24)16-11-8-12-17(13-16)22(2)3/h5-13,18H,4,14H2,1-3H3,(H,21,23)/t18-/m0/s1. The highest BCUT2D eigenvalue weighted by atomic mass is 16.5. The molecule has 0 aliphatic rings. The summed E-state index contributed by atoms with van der Waals surface area (Å²) in [7, 11) is 3.80. The second-order valence-corrected chi connectivity index (χ2v) is 5.95. The third-order valence-corrected chi connectivity index (χ3v) is 3.82. The van der Waals surface area contributed by atoms with Gasteiger partial charge in [0.05, 0.1) is 5.56 Å². The van der Waals surface area contributed by atoms with Crippen LogP contribution in [0.1, 0.15) is 29.3 Å². The first-order valence-corrected chi connectivity index (χ1v) is 8.31. The van der Waals surface area contributed by atoms with Crippen LogP contribution >= 0.6 is 0 Å². The molecule has 0 saturated heterocycles. The molecule has 5 heteroatoms. The van der Waals surface area contributed by atoms with Crippen LogP contribution in [0.2, 0.25) is 0 Å². The van der Waals surface area contributed by atoms with Crippen LogP contribution in [-0.4, -0.2) is 32.1 Å². The fourth-order valence-corrected chi connectivity index (χ4v) is 2.33. The normalized spacial score (nSPS) is 11.5. The van der Waals surface area contributed by atoms with Gasteiger partial charge in [0.15, 0.2) is 6.10 Å². The lowest BCUT2D eigenvalue weighted by Gasteiger charge is -2.17. The summed E-state index contributed by atoms with van der Waals surface area (Å²) in [6, 6.07) is 16.7. The number of hydrogen-bond donors (Lipinski definition) is 1. The number of ether oxygens (including phenoxy) is 1. The molecule has 1 N–H and O–H groups in total. The number of nitrogens with one attached hydrogen (secondary N) is 1. The first-order chi connectivity index (χ1) is 12.0. The fourth-order valence-electron chi connectivity index (χ4n) is 2.33. The van der Waals surface area contributed by atoms with E-state index in [4.69, 9.17) is 4.74 Å². The van der Waals surface area contributed by atoms with Gasteiger partial charge in [0, 0.05) is 26.3 Å². The van der Waals surface area contributed by atoms with E-state index in [2.05, 4.69) is 5.32 Å². The predicted octanol–water partition coefficient (Wildman–Crippen LogP) is 3.00. The van der Waals surface area contributed by atoms with Crippen molar-refractivity contribution >= 4 is 17.6 Å². The molecule has 2 rings (SSSR count). The molecule has 25 heavy (non-hydrogen) atoms. The van der Waals surface area contributed by atoms with Crippen molar-refractivity contribution in [3.63, 3.8) is 0 Å². The molecule has 0 bridgehead atoms. The predicted molar refractivity (Wildman–Crippen MR) is 98.6 cm³/mol. The van der Waals surface area contributed by atoms with Crippen LogP contribution in [0, 0.1) is 0 Å². The van der Waals surface area contributed by atoms with Gasteiger partial charge < -0.3 is 15.0 Å². The van der Waals surface area contributed by atoms with Crippen molar-refractivity contribution in [1.82, 2.24) is 5.32 Å². The summed E-state index contributed by atoms with van der Waals surface area (Å²) < 4.78 is 5.40. The Labute approximate surface area is 148 Å². The van der Waals surface area contributed by atoms with Crippen molar-refractivity contribution < 1.29 is 14.3 Å². The van der Waals surface area contributed by atoms with Crippen molar-refractivity contribution in [2.45, 2.75) is 26.0 Å². The second-order valence-electron chi connectivity index (χ2n) is 5.95. The number of carbonyl (C=O) groups excluding carboxylic acids is 2. The highest BCUT2D eigenvalue weighted by Crippen LogP contribution is 2.15. The SMILES string of the molecule is CC[C@H](OC(=O)c1cccc(N(C)C)c1)C(=O)NCc1ccccc1. The number of anilines is 1. The summed E-state index contributed by atoms with van der Waals surface area (Å²) >= 11 is 0. The zero-order valence-corrected chi connectivity index (χ0v) is 14.9. The second kappa shape index (κ2) is 8.87. The van der Waals surface area contributed by atoms with Crippen molar-refractivity contribution in [3.8, 4) is 0 Å². The van der Waals surface area contributed by atoms with Crippen molar-refractivity contribution in [2.24, 2.45) is 0 Å². The fraction of sp³-hybridized carbons (Fsp3) is 0.300. The summed E-state index contributed by atoms with van der Waals surface area (Å²) in [5, 5.41) is 2.81. The lowest BCUT2D eigenvalue weighted by molar-refractivity contribution is -0.130. The number of carbonyl (C=O) groups is 2. The maximum absolute atomic E-state index is 12.3. The first-order valence-electron chi connectivity index (χ1n) is 8.31. The molecule has 0 aliphatic heterocycles. The lowest BCUT2D eigenvalue weighted by atomic mass is 10.2. The van der Waals surface area contributed by atoms with Gasteiger partial charge in [0.1, 0.15) is 0 Å². The van der Waals surface area contributed by atoms with Gasteiger partial charge in [-0.05, 0) is 30.2 Å². The highest BCUT2D eigenvalue weighted by Gasteiger charge is 2.22. The zero-order chi connectivity index (χ0) is 18.2. The third-order valence-electron chi connectivity index (χ3n) is 3.82. The molecule has 0 heterocycles. The number of amides is 1. The third kappa shape index (κ3) is 5.35. The summed E-state index contributed by atoms with van der Waals surface area (Å²) in [5.74, 6) is -0.783. The van der Waals surface area contributed by atoms with Crippen LogP contribution in [0.3, 0.4) is 0 Å². The molecule has 0 radical (unpaired) electrons. The van der Waals surface area contributed by atoms with Gasteiger partial charge in [0.2, 0.25) is 0 Å². The molecule has 0 fully saturated rings. The van der Waals surface area contributed by atoms with E-state index < -0.39 is 12.1 Å². The summed E-state index contributed by atoms with van der Waals surface area (Å²) in [6.45, 7) is 2.22. The van der Waals surface area contributed by atoms with Gasteiger partial charge in [-0.2, -0.15) is 0 Å². The zero-order valence-electron chi connectivity index (χ0n) is 14.9. The molecular formula is C20H24N2O3. The number of nitrogens with zero attached hydrogens (tertiary/aromatic N) is 1. The summed E-state index contributed by atoms with van der Waals surface area (Å²) in [5.41, 5.74) is 2.33. The van der Waals surface area contributed by atoms with Crippen molar-refractivity contribution in [3.05, 3.63) is 65.7 Å². The Hall–Kier alpha value is -2.82. The van der Waals surface area contributed by atoms with E-state index in [1.807, 2.05) is 62.3 Å². The molecule has 0 unspecified atom stereocenters. The van der Waals surface area contributed by atoms with Gasteiger partial charge in [-0.25, -0.2) is 4.79 Å². The van der Waals surface area contributed by atoms with Crippen LogP contribution in [0.4, 0.5) is 5.69 Å². The molecule has 0 spiro atoms. The van der Waals surface area contributed by atoms with E-state index in [0.717, 1.165) is 11.3 Å². The number of esters is 1. The van der Waals surface area contributed by atoms with Crippen LogP contribution < -0.4 is 10.2 Å². The maximum atomic E-state index is 12.3. The molecule has 0 saturated carbocycles. The molecule has 0 aromatic heterocycles. The van der Waals surface area contributed by atoms with Gasteiger partial charge in [-0.1, -0.05) is 43.3 Å². The summed E-state index contributed by atoms with van der Waals surface area (Å²) in [6.07, 6.45) is -0.390.